The van der Waals surface area contributed by atoms with Crippen LogP contribution in [0.4, 0.5) is 0 Å². The fourth-order valence-electron chi connectivity index (χ4n) is 4.42. The summed E-state index contributed by atoms with van der Waals surface area (Å²) in [5.41, 5.74) is 0. The van der Waals surface area contributed by atoms with Crippen LogP contribution in [0.2, 0.25) is 0 Å². The Kier molecular flexibility index (Phi) is 14.7. The summed E-state index contributed by atoms with van der Waals surface area (Å²) < 4.78 is 0. The van der Waals surface area contributed by atoms with E-state index in [4.69, 9.17) is 10.2 Å². The summed E-state index contributed by atoms with van der Waals surface area (Å²) in [6.45, 7) is -0.0763. The molecule has 0 aromatic carbocycles. The van der Waals surface area contributed by atoms with Crippen LogP contribution in [-0.4, -0.2) is 117 Å². The molecule has 2 rings (SSSR count). The lowest BCUT2D eigenvalue weighted by Gasteiger charge is -2.35. The van der Waals surface area contributed by atoms with Crippen LogP contribution in [0.25, 0.3) is 0 Å². The van der Waals surface area contributed by atoms with Gasteiger partial charge < -0.3 is 31.5 Å². The van der Waals surface area contributed by atoms with E-state index in [0.717, 1.165) is 24.3 Å². The SMILES string of the molecule is O=C(O)CCCNC(=O)CCCNC(=O)C(C(C(=O)NCCCC(=O)NCCCC(=O)O)N1C(=O)C=CC1=O)N1C(=O)C=CC1=O. The maximum Gasteiger partial charge on any atom is 0.303 e. The monoisotopic (exact) mass is 648 g/mol. The smallest absolute Gasteiger partial charge is 0.303 e. The fourth-order valence-corrected chi connectivity index (χ4v) is 4.42. The lowest BCUT2D eigenvalue weighted by atomic mass is 10.0. The molecule has 0 saturated heterocycles. The third-order valence-corrected chi connectivity index (χ3v) is 6.62. The molecule has 2 unspecified atom stereocenters. The Morgan fingerprint density at radius 2 is 0.783 bits per heavy atom. The van der Waals surface area contributed by atoms with E-state index in [0.29, 0.717) is 9.80 Å². The number of carbonyl (C=O) groups excluding carboxylic acids is 8. The molecule has 250 valence electrons. The van der Waals surface area contributed by atoms with Gasteiger partial charge in [-0.1, -0.05) is 0 Å². The highest BCUT2D eigenvalue weighted by Gasteiger charge is 2.50. The largest absolute Gasteiger partial charge is 0.481 e. The minimum Gasteiger partial charge on any atom is -0.481 e. The van der Waals surface area contributed by atoms with Gasteiger partial charge in [-0.3, -0.25) is 57.7 Å². The number of nitrogens with one attached hydrogen (secondary N) is 4. The lowest BCUT2D eigenvalue weighted by Crippen LogP contribution is -2.65. The Morgan fingerprint density at radius 3 is 1.09 bits per heavy atom. The first-order valence-corrected chi connectivity index (χ1v) is 14.5. The molecule has 0 radical (unpaired) electrons. The molecule has 0 bridgehead atoms. The first-order valence-electron chi connectivity index (χ1n) is 14.5. The molecule has 2 aliphatic heterocycles. The number of imide groups is 2. The van der Waals surface area contributed by atoms with Gasteiger partial charge in [0.15, 0.2) is 0 Å². The van der Waals surface area contributed by atoms with E-state index in [1.165, 1.54) is 0 Å². The second-order valence-electron chi connectivity index (χ2n) is 10.1. The molecule has 0 spiro atoms. The summed E-state index contributed by atoms with van der Waals surface area (Å²) in [4.78, 5) is 123. The number of carboxylic acid groups (broad SMARTS) is 2. The molecule has 2 atom stereocenters. The van der Waals surface area contributed by atoms with Crippen LogP contribution in [0.15, 0.2) is 24.3 Å². The second-order valence-corrected chi connectivity index (χ2v) is 10.1. The second kappa shape index (κ2) is 18.4. The molecule has 2 aliphatic rings. The summed E-state index contributed by atoms with van der Waals surface area (Å²) in [5.74, 6) is -8.90. The average molecular weight is 649 g/mol. The molecular weight excluding hydrogens is 612 g/mol. The predicted octanol–water partition coefficient (Wildman–Crippen LogP) is -2.67. The molecule has 46 heavy (non-hydrogen) atoms. The van der Waals surface area contributed by atoms with Gasteiger partial charge in [0, 0.05) is 76.2 Å². The van der Waals surface area contributed by atoms with Gasteiger partial charge in [-0.05, 0) is 25.7 Å². The van der Waals surface area contributed by atoms with E-state index in [2.05, 4.69) is 21.3 Å². The Balaban J connectivity index is 2.10. The van der Waals surface area contributed by atoms with Gasteiger partial charge in [-0.25, -0.2) is 0 Å². The van der Waals surface area contributed by atoms with E-state index in [1.807, 2.05) is 0 Å². The minimum atomic E-state index is -2.00. The van der Waals surface area contributed by atoms with Crippen LogP contribution < -0.4 is 21.3 Å². The minimum absolute atomic E-state index is 0.0712. The van der Waals surface area contributed by atoms with Gasteiger partial charge in [0.25, 0.3) is 23.6 Å². The van der Waals surface area contributed by atoms with Gasteiger partial charge in [-0.15, -0.1) is 0 Å². The molecule has 0 saturated carbocycles. The molecule has 6 N–H and O–H groups in total. The fraction of sp³-hybridized carbons (Fsp3) is 0.500. The zero-order valence-corrected chi connectivity index (χ0v) is 24.8. The molecule has 0 aromatic rings. The van der Waals surface area contributed by atoms with Crippen molar-refractivity contribution in [2.24, 2.45) is 0 Å². The van der Waals surface area contributed by atoms with Crippen molar-refractivity contribution in [2.45, 2.75) is 63.5 Å². The van der Waals surface area contributed by atoms with Crippen LogP contribution in [0.3, 0.4) is 0 Å². The van der Waals surface area contributed by atoms with Crippen molar-refractivity contribution in [3.63, 3.8) is 0 Å². The molecule has 0 fully saturated rings. The first-order chi connectivity index (χ1) is 21.8. The number of hydrogen-bond acceptors (Lipinski definition) is 10. The van der Waals surface area contributed by atoms with Crippen LogP contribution in [0, 0.1) is 0 Å². The third kappa shape index (κ3) is 11.6. The van der Waals surface area contributed by atoms with Crippen molar-refractivity contribution in [1.82, 2.24) is 31.1 Å². The van der Waals surface area contributed by atoms with Crippen molar-refractivity contribution in [3.05, 3.63) is 24.3 Å². The first kappa shape index (κ1) is 36.8. The topological polar surface area (TPSA) is 266 Å². The maximum absolute atomic E-state index is 13.5. The Hall–Kier alpha value is -5.42. The van der Waals surface area contributed by atoms with Gasteiger partial charge in [0.1, 0.15) is 12.1 Å². The number of rotatable bonds is 21. The Bertz CT molecular complexity index is 1180. The molecule has 2 heterocycles. The van der Waals surface area contributed by atoms with Gasteiger partial charge in [0.05, 0.1) is 0 Å². The number of amides is 8. The van der Waals surface area contributed by atoms with Crippen LogP contribution >= 0.6 is 0 Å². The standard InChI is InChI=1S/C28H36N6O12/c35-17(29-13-3-7-23(41)42)5-1-15-31-27(45)25(33-19(37)9-10-20(33)38)26(34-21(39)11-12-22(34)40)28(46)32-16-2-6-18(36)30-14-4-8-24(43)44/h9-12,25-26H,1-8,13-16H2,(H,29,35)(H,30,36)(H,31,45)(H,32,46)(H,41,42)(H,43,44). The molecule has 18 nitrogen and oxygen atoms in total. The summed E-state index contributed by atoms with van der Waals surface area (Å²) in [5, 5.41) is 27.2. The molecular formula is C28H36N6O12. The van der Waals surface area contributed by atoms with Gasteiger partial charge >= 0.3 is 11.9 Å². The highest BCUT2D eigenvalue weighted by atomic mass is 16.4. The summed E-state index contributed by atoms with van der Waals surface area (Å²) in [7, 11) is 0. The summed E-state index contributed by atoms with van der Waals surface area (Å²) in [6, 6.07) is -3.99. The van der Waals surface area contributed by atoms with Crippen molar-refractivity contribution in [3.8, 4) is 0 Å². The van der Waals surface area contributed by atoms with E-state index in [-0.39, 0.29) is 77.5 Å². The third-order valence-electron chi connectivity index (χ3n) is 6.62. The normalized spacial score (nSPS) is 15.1. The zero-order valence-electron chi connectivity index (χ0n) is 24.8. The highest BCUT2D eigenvalue weighted by Crippen LogP contribution is 2.21. The zero-order chi connectivity index (χ0) is 34.2. The number of nitrogens with zero attached hydrogens (tertiary/aromatic N) is 2. The van der Waals surface area contributed by atoms with Gasteiger partial charge in [0.2, 0.25) is 23.6 Å². The van der Waals surface area contributed by atoms with Gasteiger partial charge in [-0.2, -0.15) is 0 Å². The highest BCUT2D eigenvalue weighted by molar-refractivity contribution is 6.18. The van der Waals surface area contributed by atoms with E-state index in [1.54, 1.807) is 0 Å². The summed E-state index contributed by atoms with van der Waals surface area (Å²) in [6.07, 6.45) is 3.59. The van der Waals surface area contributed by atoms with Crippen LogP contribution in [-0.2, 0) is 47.9 Å². The van der Waals surface area contributed by atoms with E-state index in [9.17, 15) is 47.9 Å². The maximum atomic E-state index is 13.5. The molecule has 18 heteroatoms. The van der Waals surface area contributed by atoms with Crippen molar-refractivity contribution < 1.29 is 58.2 Å². The molecule has 0 aromatic heterocycles. The van der Waals surface area contributed by atoms with Crippen molar-refractivity contribution >= 4 is 59.2 Å². The van der Waals surface area contributed by atoms with Crippen molar-refractivity contribution in [2.75, 3.05) is 26.2 Å². The Labute approximate surface area is 262 Å². The van der Waals surface area contributed by atoms with E-state index >= 15 is 0 Å². The van der Waals surface area contributed by atoms with Crippen molar-refractivity contribution in [1.29, 1.82) is 0 Å². The number of hydrogen-bond donors (Lipinski definition) is 6. The molecule has 8 amide bonds. The quantitative estimate of drug-likeness (QED) is 0.0550. The number of carboxylic acids is 2. The average Bonchev–Trinajstić information content (AvgIpc) is 3.50. The Morgan fingerprint density at radius 1 is 0.500 bits per heavy atom. The lowest BCUT2D eigenvalue weighted by molar-refractivity contribution is -0.156. The summed E-state index contributed by atoms with van der Waals surface area (Å²) >= 11 is 0. The van der Waals surface area contributed by atoms with E-state index < -0.39 is 71.3 Å². The molecule has 0 aliphatic carbocycles. The number of carbonyl (C=O) groups is 10. The van der Waals surface area contributed by atoms with Crippen LogP contribution in [0.1, 0.15) is 51.4 Å². The number of aliphatic carboxylic acids is 2. The van der Waals surface area contributed by atoms with Crippen LogP contribution in [0.5, 0.6) is 0 Å². The predicted molar refractivity (Wildman–Crippen MR) is 154 cm³/mol.